The molecule has 0 fully saturated rings. The summed E-state index contributed by atoms with van der Waals surface area (Å²) in [6.07, 6.45) is 0.730. The molecule has 0 saturated carbocycles. The Kier molecular flexibility index (Phi) is 5.89. The molecular formula is C26H30N4OS. The van der Waals surface area contributed by atoms with E-state index < -0.39 is 0 Å². The van der Waals surface area contributed by atoms with Crippen molar-refractivity contribution in [1.82, 2.24) is 10.2 Å². The number of anilines is 2. The van der Waals surface area contributed by atoms with Crippen molar-refractivity contribution >= 4 is 27.9 Å². The van der Waals surface area contributed by atoms with E-state index in [1.807, 2.05) is 0 Å². The zero-order valence-corrected chi connectivity index (χ0v) is 19.5. The van der Waals surface area contributed by atoms with Crippen molar-refractivity contribution in [2.24, 2.45) is 0 Å². The fourth-order valence-corrected chi connectivity index (χ4v) is 6.09. The molecule has 1 amide bonds. The number of nitrogens with one attached hydrogen (secondary N) is 2. The van der Waals surface area contributed by atoms with Crippen LogP contribution < -0.4 is 15.5 Å². The first-order valence-electron chi connectivity index (χ1n) is 11.5. The number of nitrogens with zero attached hydrogens (tertiary/aromatic N) is 2. The lowest BCUT2D eigenvalue weighted by atomic mass is 10.00. The van der Waals surface area contributed by atoms with Gasteiger partial charge in [-0.25, -0.2) is 0 Å². The first-order chi connectivity index (χ1) is 15.7. The highest BCUT2D eigenvalue weighted by molar-refractivity contribution is 7.16. The van der Waals surface area contributed by atoms with E-state index in [9.17, 15) is 4.79 Å². The SMILES string of the molecule is CCN(CC)c1ccc([C@H]2NC(=O)c3c(sc4c3CCN(Cc3ccccc3)C4)N2)cc1. The van der Waals surface area contributed by atoms with Gasteiger partial charge in [0.1, 0.15) is 11.2 Å². The monoisotopic (exact) mass is 446 g/mol. The summed E-state index contributed by atoms with van der Waals surface area (Å²) in [5.74, 6) is 0.0468. The third kappa shape index (κ3) is 4.00. The van der Waals surface area contributed by atoms with E-state index in [2.05, 4.69) is 88.9 Å². The molecule has 1 atom stereocenters. The number of benzene rings is 2. The van der Waals surface area contributed by atoms with Crippen LogP contribution >= 0.6 is 11.3 Å². The van der Waals surface area contributed by atoms with Gasteiger partial charge < -0.3 is 15.5 Å². The van der Waals surface area contributed by atoms with Gasteiger partial charge in [-0.05, 0) is 49.1 Å². The lowest BCUT2D eigenvalue weighted by Gasteiger charge is -2.29. The molecule has 2 N–H and O–H groups in total. The Bertz CT molecular complexity index is 1090. The summed E-state index contributed by atoms with van der Waals surface area (Å²) in [4.78, 5) is 19.2. The molecule has 3 aromatic rings. The van der Waals surface area contributed by atoms with E-state index >= 15 is 0 Å². The molecule has 166 valence electrons. The summed E-state index contributed by atoms with van der Waals surface area (Å²) < 4.78 is 0. The Balaban J connectivity index is 1.33. The summed E-state index contributed by atoms with van der Waals surface area (Å²) in [7, 11) is 0. The van der Waals surface area contributed by atoms with E-state index in [0.717, 1.165) is 55.3 Å². The summed E-state index contributed by atoms with van der Waals surface area (Å²) in [6.45, 7) is 9.14. The van der Waals surface area contributed by atoms with Gasteiger partial charge in [-0.1, -0.05) is 42.5 Å². The highest BCUT2D eigenvalue weighted by Gasteiger charge is 2.33. The van der Waals surface area contributed by atoms with E-state index in [-0.39, 0.29) is 12.1 Å². The number of rotatable bonds is 6. The standard InChI is InChI=1S/C26H30N4OS/c1-3-30(4-2)20-12-10-19(11-13-20)24-27-25(31)23-21-14-15-29(16-18-8-6-5-7-9-18)17-22(21)32-26(23)28-24/h5-13,24,28H,3-4,14-17H2,1-2H3,(H,27,31)/t24-/m0/s1. The van der Waals surface area contributed by atoms with Crippen molar-refractivity contribution < 1.29 is 4.79 Å². The van der Waals surface area contributed by atoms with E-state index in [1.54, 1.807) is 11.3 Å². The summed E-state index contributed by atoms with van der Waals surface area (Å²) in [6, 6.07) is 19.1. The Morgan fingerprint density at radius 1 is 1.03 bits per heavy atom. The minimum absolute atomic E-state index is 0.0468. The molecule has 5 rings (SSSR count). The molecule has 2 aromatic carbocycles. The average molecular weight is 447 g/mol. The molecule has 0 spiro atoms. The Labute approximate surface area is 194 Å². The minimum atomic E-state index is -0.193. The van der Waals surface area contributed by atoms with Gasteiger partial charge in [0, 0.05) is 43.3 Å². The molecule has 0 saturated heterocycles. The van der Waals surface area contributed by atoms with Crippen LogP contribution in [0.5, 0.6) is 0 Å². The zero-order valence-electron chi connectivity index (χ0n) is 18.7. The molecular weight excluding hydrogens is 416 g/mol. The molecule has 6 heteroatoms. The summed E-state index contributed by atoms with van der Waals surface area (Å²) in [5, 5.41) is 7.79. The van der Waals surface area contributed by atoms with Crippen LogP contribution in [0, 0.1) is 0 Å². The smallest absolute Gasteiger partial charge is 0.256 e. The summed E-state index contributed by atoms with van der Waals surface area (Å²) in [5.41, 5.74) is 5.72. The van der Waals surface area contributed by atoms with Crippen molar-refractivity contribution in [2.45, 2.75) is 39.5 Å². The van der Waals surface area contributed by atoms with Crippen molar-refractivity contribution in [3.05, 3.63) is 81.7 Å². The predicted molar refractivity (Wildman–Crippen MR) is 132 cm³/mol. The number of thiophene rings is 1. The maximum absolute atomic E-state index is 13.1. The lowest BCUT2D eigenvalue weighted by Crippen LogP contribution is -2.38. The van der Waals surface area contributed by atoms with Crippen LogP contribution in [0.2, 0.25) is 0 Å². The molecule has 32 heavy (non-hydrogen) atoms. The largest absolute Gasteiger partial charge is 0.372 e. The van der Waals surface area contributed by atoms with Gasteiger partial charge in [0.05, 0.1) is 5.56 Å². The highest BCUT2D eigenvalue weighted by Crippen LogP contribution is 2.41. The molecule has 2 aliphatic rings. The van der Waals surface area contributed by atoms with Crippen LogP contribution in [0.4, 0.5) is 10.7 Å². The van der Waals surface area contributed by atoms with Crippen LogP contribution in [0.25, 0.3) is 0 Å². The molecule has 5 nitrogen and oxygen atoms in total. The van der Waals surface area contributed by atoms with Gasteiger partial charge in [-0.2, -0.15) is 0 Å². The fraction of sp³-hybridized carbons (Fsp3) is 0.346. The molecule has 0 aliphatic carbocycles. The molecule has 3 heterocycles. The number of amides is 1. The Morgan fingerprint density at radius 3 is 2.50 bits per heavy atom. The van der Waals surface area contributed by atoms with Crippen LogP contribution in [0.1, 0.15) is 51.9 Å². The van der Waals surface area contributed by atoms with Crippen molar-refractivity contribution in [1.29, 1.82) is 0 Å². The number of hydrogen-bond donors (Lipinski definition) is 2. The van der Waals surface area contributed by atoms with Crippen LogP contribution in [0.15, 0.2) is 54.6 Å². The first-order valence-corrected chi connectivity index (χ1v) is 12.3. The quantitative estimate of drug-likeness (QED) is 0.559. The van der Waals surface area contributed by atoms with E-state index in [0.29, 0.717) is 0 Å². The average Bonchev–Trinajstić information content (AvgIpc) is 3.19. The normalized spacial score (nSPS) is 17.8. The second kappa shape index (κ2) is 8.96. The maximum Gasteiger partial charge on any atom is 0.256 e. The minimum Gasteiger partial charge on any atom is -0.372 e. The van der Waals surface area contributed by atoms with Crippen molar-refractivity contribution in [3.8, 4) is 0 Å². The topological polar surface area (TPSA) is 47.6 Å². The highest BCUT2D eigenvalue weighted by atomic mass is 32.1. The fourth-order valence-electron chi connectivity index (χ4n) is 4.78. The van der Waals surface area contributed by atoms with Gasteiger partial charge in [0.2, 0.25) is 0 Å². The van der Waals surface area contributed by atoms with Gasteiger partial charge in [-0.3, -0.25) is 9.69 Å². The number of hydrogen-bond acceptors (Lipinski definition) is 5. The Hall–Kier alpha value is -2.83. The van der Waals surface area contributed by atoms with Gasteiger partial charge in [0.15, 0.2) is 0 Å². The predicted octanol–water partition coefficient (Wildman–Crippen LogP) is 5.01. The first kappa shape index (κ1) is 21.0. The van der Waals surface area contributed by atoms with Crippen molar-refractivity contribution in [3.63, 3.8) is 0 Å². The molecule has 2 aliphatic heterocycles. The third-order valence-electron chi connectivity index (χ3n) is 6.52. The van der Waals surface area contributed by atoms with Gasteiger partial charge >= 0.3 is 0 Å². The van der Waals surface area contributed by atoms with Crippen LogP contribution in [-0.4, -0.2) is 30.4 Å². The zero-order chi connectivity index (χ0) is 22.1. The third-order valence-corrected chi connectivity index (χ3v) is 7.67. The van der Waals surface area contributed by atoms with E-state index in [1.165, 1.54) is 21.7 Å². The van der Waals surface area contributed by atoms with E-state index in [4.69, 9.17) is 0 Å². The number of carbonyl (C=O) groups is 1. The lowest BCUT2D eigenvalue weighted by molar-refractivity contribution is 0.0934. The van der Waals surface area contributed by atoms with Gasteiger partial charge in [0.25, 0.3) is 5.91 Å². The maximum atomic E-state index is 13.1. The van der Waals surface area contributed by atoms with Crippen LogP contribution in [0.3, 0.4) is 0 Å². The Morgan fingerprint density at radius 2 is 1.78 bits per heavy atom. The molecule has 1 aromatic heterocycles. The second-order valence-corrected chi connectivity index (χ2v) is 9.57. The molecule has 0 bridgehead atoms. The number of carbonyl (C=O) groups excluding carboxylic acids is 1. The summed E-state index contributed by atoms with van der Waals surface area (Å²) >= 11 is 1.75. The molecule has 0 radical (unpaired) electrons. The van der Waals surface area contributed by atoms with Gasteiger partial charge in [-0.15, -0.1) is 11.3 Å². The number of fused-ring (bicyclic) bond motifs is 3. The van der Waals surface area contributed by atoms with Crippen LogP contribution in [-0.2, 0) is 19.5 Å². The van der Waals surface area contributed by atoms with Crippen molar-refractivity contribution in [2.75, 3.05) is 29.9 Å². The second-order valence-electron chi connectivity index (χ2n) is 8.47. The molecule has 0 unspecified atom stereocenters.